The van der Waals surface area contributed by atoms with Crippen LogP contribution in [0.15, 0.2) is 73.1 Å². The van der Waals surface area contributed by atoms with Gasteiger partial charge >= 0.3 is 0 Å². The van der Waals surface area contributed by atoms with Crippen LogP contribution in [0, 0.1) is 0 Å². The van der Waals surface area contributed by atoms with Gasteiger partial charge in [-0.2, -0.15) is 5.10 Å². The van der Waals surface area contributed by atoms with Crippen LogP contribution in [0.2, 0.25) is 5.02 Å². The topological polar surface area (TPSA) is 73.6 Å². The lowest BCUT2D eigenvalue weighted by molar-refractivity contribution is 0.0946. The first kappa shape index (κ1) is 17.1. The molecule has 0 saturated carbocycles. The molecular weight excluding hydrogens is 360 g/mol. The summed E-state index contributed by atoms with van der Waals surface area (Å²) in [5, 5.41) is 10.8. The zero-order valence-electron chi connectivity index (χ0n) is 14.4. The summed E-state index contributed by atoms with van der Waals surface area (Å²) in [6, 6.07) is 19.2. The van der Waals surface area contributed by atoms with Crippen LogP contribution in [0.3, 0.4) is 0 Å². The summed E-state index contributed by atoms with van der Waals surface area (Å²) in [6.07, 6.45) is 3.56. The van der Waals surface area contributed by atoms with Gasteiger partial charge in [-0.3, -0.25) is 9.89 Å². The van der Waals surface area contributed by atoms with Crippen LogP contribution >= 0.6 is 11.6 Å². The lowest BCUT2D eigenvalue weighted by Crippen LogP contribution is -2.22. The van der Waals surface area contributed by atoms with E-state index in [1.807, 2.05) is 60.7 Å². The molecule has 0 saturated heterocycles. The molecule has 3 N–H and O–H groups in total. The van der Waals surface area contributed by atoms with Gasteiger partial charge in [-0.25, -0.2) is 0 Å². The molecule has 6 heteroatoms. The highest BCUT2D eigenvalue weighted by Gasteiger charge is 2.14. The number of hydrogen-bond acceptors (Lipinski definition) is 2. The molecule has 0 atom stereocenters. The summed E-state index contributed by atoms with van der Waals surface area (Å²) >= 11 is 5.97. The van der Waals surface area contributed by atoms with E-state index < -0.39 is 0 Å². The monoisotopic (exact) mass is 376 g/mol. The number of carbonyl (C=O) groups is 1. The molecule has 134 valence electrons. The van der Waals surface area contributed by atoms with Crippen LogP contribution in [-0.4, -0.2) is 21.1 Å². The van der Waals surface area contributed by atoms with Crippen molar-refractivity contribution in [2.24, 2.45) is 0 Å². The molecule has 4 rings (SSSR count). The largest absolute Gasteiger partial charge is 0.357 e. The molecule has 0 aliphatic rings. The van der Waals surface area contributed by atoms with Crippen LogP contribution in [-0.2, 0) is 6.54 Å². The smallest absolute Gasteiger partial charge is 0.267 e. The van der Waals surface area contributed by atoms with Crippen molar-refractivity contribution in [1.82, 2.24) is 20.5 Å². The van der Waals surface area contributed by atoms with Crippen molar-refractivity contribution >= 4 is 17.5 Å². The second-order valence-corrected chi connectivity index (χ2v) is 6.57. The summed E-state index contributed by atoms with van der Waals surface area (Å²) in [7, 11) is 0. The van der Waals surface area contributed by atoms with Crippen molar-refractivity contribution < 1.29 is 4.79 Å². The van der Waals surface area contributed by atoms with E-state index in [-0.39, 0.29) is 5.91 Å². The summed E-state index contributed by atoms with van der Waals surface area (Å²) in [5.74, 6) is -0.155. The molecule has 0 aliphatic heterocycles. The van der Waals surface area contributed by atoms with Gasteiger partial charge in [-0.05, 0) is 29.3 Å². The van der Waals surface area contributed by atoms with Crippen molar-refractivity contribution in [3.8, 4) is 22.4 Å². The number of rotatable bonds is 5. The highest BCUT2D eigenvalue weighted by Crippen LogP contribution is 2.31. The van der Waals surface area contributed by atoms with E-state index in [2.05, 4.69) is 20.5 Å². The van der Waals surface area contributed by atoms with Gasteiger partial charge in [0.2, 0.25) is 0 Å². The van der Waals surface area contributed by atoms with Gasteiger partial charge in [0.1, 0.15) is 5.69 Å². The van der Waals surface area contributed by atoms with Crippen LogP contribution in [0.5, 0.6) is 0 Å². The van der Waals surface area contributed by atoms with E-state index in [0.29, 0.717) is 17.3 Å². The van der Waals surface area contributed by atoms with Crippen molar-refractivity contribution in [3.05, 3.63) is 89.3 Å². The van der Waals surface area contributed by atoms with Crippen molar-refractivity contribution in [3.63, 3.8) is 0 Å². The zero-order chi connectivity index (χ0) is 18.6. The van der Waals surface area contributed by atoms with Crippen LogP contribution in [0.1, 0.15) is 16.1 Å². The molecule has 27 heavy (non-hydrogen) atoms. The van der Waals surface area contributed by atoms with E-state index in [1.54, 1.807) is 12.4 Å². The van der Waals surface area contributed by atoms with Gasteiger partial charge in [0.25, 0.3) is 5.91 Å². The van der Waals surface area contributed by atoms with E-state index in [4.69, 9.17) is 11.6 Å². The Morgan fingerprint density at radius 1 is 1.04 bits per heavy atom. The Labute approximate surface area is 161 Å². The Kier molecular flexibility index (Phi) is 4.77. The summed E-state index contributed by atoms with van der Waals surface area (Å²) < 4.78 is 0. The average molecular weight is 377 g/mol. The molecule has 0 bridgehead atoms. The van der Waals surface area contributed by atoms with Gasteiger partial charge in [-0.1, -0.05) is 54.1 Å². The van der Waals surface area contributed by atoms with E-state index >= 15 is 0 Å². The Bertz CT molecular complexity index is 1050. The molecule has 2 aromatic carbocycles. The second kappa shape index (κ2) is 7.51. The zero-order valence-corrected chi connectivity index (χ0v) is 15.1. The molecule has 5 nitrogen and oxygen atoms in total. The molecule has 2 heterocycles. The maximum Gasteiger partial charge on any atom is 0.267 e. The number of benzene rings is 2. The number of aromatic amines is 2. The normalized spacial score (nSPS) is 10.7. The molecule has 0 radical (unpaired) electrons. The first-order valence-electron chi connectivity index (χ1n) is 8.51. The molecule has 0 aliphatic carbocycles. The molecule has 1 amide bonds. The maximum atomic E-state index is 12.4. The Morgan fingerprint density at radius 2 is 1.81 bits per heavy atom. The standard InChI is InChI=1S/C21H17ClN4O/c22-17-8-6-15(7-9-17)18-13-25-26-20(18)16-10-19(23-12-16)21(27)24-11-14-4-2-1-3-5-14/h1-10,12-13,23H,11H2,(H,24,27)(H,25,26). The number of H-pyrrole nitrogens is 2. The Morgan fingerprint density at radius 3 is 2.59 bits per heavy atom. The van der Waals surface area contributed by atoms with Gasteiger partial charge in [0, 0.05) is 28.9 Å². The fraction of sp³-hybridized carbons (Fsp3) is 0.0476. The van der Waals surface area contributed by atoms with Crippen LogP contribution in [0.25, 0.3) is 22.4 Å². The lowest BCUT2D eigenvalue weighted by atomic mass is 10.0. The van der Waals surface area contributed by atoms with E-state index in [0.717, 1.165) is 27.9 Å². The molecule has 0 fully saturated rings. The van der Waals surface area contributed by atoms with Gasteiger partial charge in [-0.15, -0.1) is 0 Å². The third-order valence-electron chi connectivity index (χ3n) is 4.31. The van der Waals surface area contributed by atoms with Crippen molar-refractivity contribution in [2.75, 3.05) is 0 Å². The maximum absolute atomic E-state index is 12.4. The fourth-order valence-corrected chi connectivity index (χ4v) is 3.02. The highest BCUT2D eigenvalue weighted by atomic mass is 35.5. The van der Waals surface area contributed by atoms with E-state index in [1.165, 1.54) is 0 Å². The number of aromatic nitrogens is 3. The SMILES string of the molecule is O=C(NCc1ccccc1)c1cc(-c2[nH]ncc2-c2ccc(Cl)cc2)c[nH]1. The van der Waals surface area contributed by atoms with Crippen molar-refractivity contribution in [2.45, 2.75) is 6.54 Å². The summed E-state index contributed by atoms with van der Waals surface area (Å²) in [5.41, 5.74) is 5.20. The lowest BCUT2D eigenvalue weighted by Gasteiger charge is -2.03. The van der Waals surface area contributed by atoms with Crippen LogP contribution < -0.4 is 5.32 Å². The molecule has 0 spiro atoms. The number of nitrogens with one attached hydrogen (secondary N) is 3. The first-order chi connectivity index (χ1) is 13.2. The van der Waals surface area contributed by atoms with Crippen molar-refractivity contribution in [1.29, 1.82) is 0 Å². The number of amides is 1. The average Bonchev–Trinajstić information content (AvgIpc) is 3.37. The second-order valence-electron chi connectivity index (χ2n) is 6.14. The van der Waals surface area contributed by atoms with Gasteiger partial charge in [0.05, 0.1) is 11.9 Å². The van der Waals surface area contributed by atoms with E-state index in [9.17, 15) is 4.79 Å². The molecule has 4 aromatic rings. The summed E-state index contributed by atoms with van der Waals surface area (Å²) in [6.45, 7) is 0.480. The number of carbonyl (C=O) groups excluding carboxylic acids is 1. The van der Waals surface area contributed by atoms with Gasteiger partial charge in [0.15, 0.2) is 0 Å². The highest BCUT2D eigenvalue weighted by molar-refractivity contribution is 6.30. The molecule has 0 unspecified atom stereocenters. The fourth-order valence-electron chi connectivity index (χ4n) is 2.90. The predicted octanol–water partition coefficient (Wildman–Crippen LogP) is 4.66. The quantitative estimate of drug-likeness (QED) is 0.474. The Balaban J connectivity index is 1.52. The van der Waals surface area contributed by atoms with Gasteiger partial charge < -0.3 is 10.3 Å². The number of halogens is 1. The minimum absolute atomic E-state index is 0.155. The minimum atomic E-state index is -0.155. The first-order valence-corrected chi connectivity index (χ1v) is 8.89. The predicted molar refractivity (Wildman–Crippen MR) is 106 cm³/mol. The minimum Gasteiger partial charge on any atom is -0.357 e. The number of hydrogen-bond donors (Lipinski definition) is 3. The number of nitrogens with zero attached hydrogens (tertiary/aromatic N) is 1. The van der Waals surface area contributed by atoms with Crippen LogP contribution in [0.4, 0.5) is 0 Å². The third-order valence-corrected chi connectivity index (χ3v) is 4.56. The third kappa shape index (κ3) is 3.78. The Hall–Kier alpha value is -3.31. The summed E-state index contributed by atoms with van der Waals surface area (Å²) in [4.78, 5) is 15.4. The molecular formula is C21H17ClN4O. The molecule has 2 aromatic heterocycles.